The van der Waals surface area contributed by atoms with E-state index < -0.39 is 0 Å². The number of aromatic amines is 2. The van der Waals surface area contributed by atoms with E-state index in [9.17, 15) is 0 Å². The number of ether oxygens (including phenoxy) is 1. The fourth-order valence-electron chi connectivity index (χ4n) is 5.02. The summed E-state index contributed by atoms with van der Waals surface area (Å²) >= 11 is 0. The summed E-state index contributed by atoms with van der Waals surface area (Å²) in [6.45, 7) is 1.43. The van der Waals surface area contributed by atoms with Crippen molar-refractivity contribution in [3.63, 3.8) is 0 Å². The molecule has 0 atom stereocenters. The predicted molar refractivity (Wildman–Crippen MR) is 140 cm³/mol. The summed E-state index contributed by atoms with van der Waals surface area (Å²) in [6, 6.07) is 4.00. The SMILES string of the molecule is CN(C)CCOc1cncc(-c2cc3c(-c4nc5c(C6CCCCC6)cncc5[nH]4)n[nH]c3cn2)c1. The molecule has 0 amide bonds. The average molecular weight is 483 g/mol. The van der Waals surface area contributed by atoms with E-state index in [1.807, 2.05) is 38.6 Å². The average Bonchev–Trinajstić information content (AvgIpc) is 3.53. The fourth-order valence-corrected chi connectivity index (χ4v) is 5.02. The summed E-state index contributed by atoms with van der Waals surface area (Å²) in [6.07, 6.45) is 15.5. The highest BCUT2D eigenvalue weighted by atomic mass is 16.5. The third-order valence-electron chi connectivity index (χ3n) is 6.96. The Hall–Kier alpha value is -3.85. The van der Waals surface area contributed by atoms with Crippen LogP contribution in [0.25, 0.3) is 44.7 Å². The first kappa shape index (κ1) is 22.6. The minimum absolute atomic E-state index is 0.526. The highest BCUT2D eigenvalue weighted by molar-refractivity contribution is 5.94. The van der Waals surface area contributed by atoms with E-state index in [1.54, 1.807) is 18.6 Å². The van der Waals surface area contributed by atoms with Crippen molar-refractivity contribution < 1.29 is 4.74 Å². The van der Waals surface area contributed by atoms with E-state index in [4.69, 9.17) is 9.72 Å². The molecule has 184 valence electrons. The molecule has 0 aliphatic heterocycles. The van der Waals surface area contributed by atoms with Crippen molar-refractivity contribution in [3.05, 3.63) is 48.7 Å². The van der Waals surface area contributed by atoms with Crippen LogP contribution in [0.4, 0.5) is 0 Å². The van der Waals surface area contributed by atoms with Gasteiger partial charge in [0, 0.05) is 35.5 Å². The van der Waals surface area contributed by atoms with Gasteiger partial charge in [-0.05, 0) is 45.0 Å². The number of H-pyrrole nitrogens is 2. The second kappa shape index (κ2) is 9.66. The van der Waals surface area contributed by atoms with Crippen molar-refractivity contribution in [1.82, 2.24) is 40.0 Å². The third-order valence-corrected chi connectivity index (χ3v) is 6.96. The van der Waals surface area contributed by atoms with Crippen LogP contribution in [-0.4, -0.2) is 67.3 Å². The van der Waals surface area contributed by atoms with Gasteiger partial charge in [0.1, 0.15) is 18.1 Å². The number of aromatic nitrogens is 7. The molecule has 1 fully saturated rings. The molecule has 2 N–H and O–H groups in total. The first-order valence-corrected chi connectivity index (χ1v) is 12.6. The van der Waals surface area contributed by atoms with Gasteiger partial charge >= 0.3 is 0 Å². The minimum atomic E-state index is 0.526. The Bertz CT molecular complexity index is 1500. The van der Waals surface area contributed by atoms with Gasteiger partial charge in [0.2, 0.25) is 0 Å². The first-order chi connectivity index (χ1) is 17.7. The number of fused-ring (bicyclic) bond motifs is 2. The number of hydrogen-bond donors (Lipinski definition) is 2. The van der Waals surface area contributed by atoms with Gasteiger partial charge in [-0.1, -0.05) is 19.3 Å². The highest BCUT2D eigenvalue weighted by Crippen LogP contribution is 2.36. The van der Waals surface area contributed by atoms with Gasteiger partial charge in [0.25, 0.3) is 0 Å². The van der Waals surface area contributed by atoms with Gasteiger partial charge in [-0.15, -0.1) is 0 Å². The van der Waals surface area contributed by atoms with Gasteiger partial charge in [0.15, 0.2) is 5.82 Å². The molecule has 0 aromatic carbocycles. The van der Waals surface area contributed by atoms with Gasteiger partial charge in [-0.3, -0.25) is 20.1 Å². The lowest BCUT2D eigenvalue weighted by Gasteiger charge is -2.21. The van der Waals surface area contributed by atoms with E-state index in [2.05, 4.69) is 35.0 Å². The molecule has 0 spiro atoms. The quantitative estimate of drug-likeness (QED) is 0.338. The van der Waals surface area contributed by atoms with E-state index in [-0.39, 0.29) is 0 Å². The number of imidazole rings is 1. The molecule has 5 aromatic rings. The Balaban J connectivity index is 1.34. The number of pyridine rings is 3. The molecule has 9 nitrogen and oxygen atoms in total. The van der Waals surface area contributed by atoms with Crippen molar-refractivity contribution in [1.29, 1.82) is 0 Å². The lowest BCUT2D eigenvalue weighted by atomic mass is 9.84. The molecular formula is C27H30N8O. The molecule has 5 heterocycles. The molecule has 0 saturated heterocycles. The maximum absolute atomic E-state index is 5.87. The standard InChI is InChI=1S/C27H30N8O/c1-35(2)8-9-36-19-10-18(12-28-13-19)22-11-20-23(16-30-22)33-34-26(20)27-31-24-15-29-14-21(25(24)32-27)17-6-4-3-5-7-17/h10-17H,3-9H2,1-2H3,(H,31,32)(H,33,34). The van der Waals surface area contributed by atoms with Crippen molar-refractivity contribution in [2.75, 3.05) is 27.2 Å². The van der Waals surface area contributed by atoms with Gasteiger partial charge in [-0.25, -0.2) is 4.98 Å². The number of nitrogens with one attached hydrogen (secondary N) is 2. The molecule has 1 aliphatic rings. The Morgan fingerprint density at radius 3 is 2.69 bits per heavy atom. The summed E-state index contributed by atoms with van der Waals surface area (Å²) in [5, 5.41) is 8.64. The summed E-state index contributed by atoms with van der Waals surface area (Å²) in [7, 11) is 4.05. The topological polar surface area (TPSA) is 109 Å². The van der Waals surface area contributed by atoms with Crippen LogP contribution in [0.1, 0.15) is 43.6 Å². The Kier molecular flexibility index (Phi) is 6.06. The maximum atomic E-state index is 5.87. The summed E-state index contributed by atoms with van der Waals surface area (Å²) in [5.41, 5.74) is 6.51. The van der Waals surface area contributed by atoms with Crippen LogP contribution < -0.4 is 4.74 Å². The van der Waals surface area contributed by atoms with Gasteiger partial charge in [-0.2, -0.15) is 5.10 Å². The minimum Gasteiger partial charge on any atom is -0.491 e. The van der Waals surface area contributed by atoms with E-state index >= 15 is 0 Å². The normalized spacial score (nSPS) is 14.8. The van der Waals surface area contributed by atoms with Crippen molar-refractivity contribution in [2.45, 2.75) is 38.0 Å². The summed E-state index contributed by atoms with van der Waals surface area (Å²) in [4.78, 5) is 24.1. The molecule has 5 aromatic heterocycles. The molecule has 0 bridgehead atoms. The summed E-state index contributed by atoms with van der Waals surface area (Å²) in [5.74, 6) is 1.98. The van der Waals surface area contributed by atoms with Crippen LogP contribution in [0.15, 0.2) is 43.1 Å². The molecule has 6 rings (SSSR count). The van der Waals surface area contributed by atoms with E-state index in [1.165, 1.54) is 37.7 Å². The van der Waals surface area contributed by atoms with Crippen LogP contribution in [0.2, 0.25) is 0 Å². The van der Waals surface area contributed by atoms with Crippen molar-refractivity contribution in [3.8, 4) is 28.5 Å². The smallest absolute Gasteiger partial charge is 0.159 e. The monoisotopic (exact) mass is 482 g/mol. The van der Waals surface area contributed by atoms with Crippen LogP contribution in [-0.2, 0) is 0 Å². The van der Waals surface area contributed by atoms with Crippen LogP contribution in [0.5, 0.6) is 5.75 Å². The zero-order chi connectivity index (χ0) is 24.5. The Morgan fingerprint density at radius 2 is 1.83 bits per heavy atom. The number of rotatable bonds is 7. The number of hydrogen-bond acceptors (Lipinski definition) is 7. The van der Waals surface area contributed by atoms with Gasteiger partial charge in [0.05, 0.1) is 40.8 Å². The van der Waals surface area contributed by atoms with Crippen LogP contribution in [0.3, 0.4) is 0 Å². The van der Waals surface area contributed by atoms with Crippen molar-refractivity contribution in [2.24, 2.45) is 0 Å². The second-order valence-corrected chi connectivity index (χ2v) is 9.79. The maximum Gasteiger partial charge on any atom is 0.159 e. The van der Waals surface area contributed by atoms with E-state index in [0.717, 1.165) is 57.0 Å². The lowest BCUT2D eigenvalue weighted by molar-refractivity contribution is 0.261. The Morgan fingerprint density at radius 1 is 0.972 bits per heavy atom. The molecule has 36 heavy (non-hydrogen) atoms. The van der Waals surface area contributed by atoms with Crippen LogP contribution >= 0.6 is 0 Å². The van der Waals surface area contributed by atoms with Crippen LogP contribution in [0, 0.1) is 0 Å². The van der Waals surface area contributed by atoms with Crippen molar-refractivity contribution >= 4 is 21.9 Å². The first-order valence-electron chi connectivity index (χ1n) is 12.6. The van der Waals surface area contributed by atoms with E-state index in [0.29, 0.717) is 12.5 Å². The molecule has 1 aliphatic carbocycles. The zero-order valence-corrected chi connectivity index (χ0v) is 20.7. The fraction of sp³-hybridized carbons (Fsp3) is 0.370. The molecule has 0 radical (unpaired) electrons. The summed E-state index contributed by atoms with van der Waals surface area (Å²) < 4.78 is 5.87. The largest absolute Gasteiger partial charge is 0.491 e. The zero-order valence-electron chi connectivity index (χ0n) is 20.7. The molecular weight excluding hydrogens is 452 g/mol. The number of nitrogens with zero attached hydrogens (tertiary/aromatic N) is 6. The van der Waals surface area contributed by atoms with Gasteiger partial charge < -0.3 is 14.6 Å². The molecule has 0 unspecified atom stereocenters. The molecule has 9 heteroatoms. The highest BCUT2D eigenvalue weighted by Gasteiger charge is 2.21. The third kappa shape index (κ3) is 4.42. The Labute approximate surface area is 209 Å². The predicted octanol–water partition coefficient (Wildman–Crippen LogP) is 4.95. The molecule has 1 saturated carbocycles. The number of likely N-dealkylation sites (N-methyl/N-ethyl adjacent to an activating group) is 1. The second-order valence-electron chi connectivity index (χ2n) is 9.79. The lowest BCUT2D eigenvalue weighted by Crippen LogP contribution is -2.19.